The van der Waals surface area contributed by atoms with E-state index in [1.54, 1.807) is 12.2 Å². The van der Waals surface area contributed by atoms with E-state index in [0.717, 1.165) is 12.8 Å². The molecule has 0 radical (unpaired) electrons. The number of aliphatic hydroxyl groups excluding tert-OH is 1. The molecule has 0 amide bonds. The van der Waals surface area contributed by atoms with Crippen LogP contribution in [0, 0.1) is 12.3 Å². The first-order chi connectivity index (χ1) is 8.22. The van der Waals surface area contributed by atoms with Gasteiger partial charge in [0.15, 0.2) is 0 Å². The van der Waals surface area contributed by atoms with Crippen molar-refractivity contribution < 1.29 is 5.11 Å². The molecule has 0 unspecified atom stereocenters. The van der Waals surface area contributed by atoms with Gasteiger partial charge in [0.25, 0.3) is 0 Å². The third kappa shape index (κ3) is 9.93. The van der Waals surface area contributed by atoms with Crippen molar-refractivity contribution in [2.24, 2.45) is 0 Å². The molecule has 94 valence electrons. The maximum Gasteiger partial charge on any atom is 0.0741 e. The monoisotopic (exact) mass is 252 g/mol. The molecule has 0 rings (SSSR count). The molecule has 0 saturated heterocycles. The van der Waals surface area contributed by atoms with E-state index in [9.17, 15) is 5.11 Å². The molecular weight excluding hydrogens is 232 g/mol. The van der Waals surface area contributed by atoms with Crippen molar-refractivity contribution in [2.45, 2.75) is 44.1 Å². The fraction of sp³-hybridized carbons (Fsp3) is 0.467. The average Bonchev–Trinajstić information content (AvgIpc) is 2.33. The normalized spacial score (nSPS) is 15.6. The van der Waals surface area contributed by atoms with Crippen LogP contribution < -0.4 is 0 Å². The van der Waals surface area contributed by atoms with Gasteiger partial charge in [-0.05, 0) is 31.8 Å². The first-order valence-electron chi connectivity index (χ1n) is 5.95. The van der Waals surface area contributed by atoms with E-state index in [1.807, 2.05) is 6.08 Å². The van der Waals surface area contributed by atoms with Crippen LogP contribution in [-0.4, -0.2) is 16.6 Å². The lowest BCUT2D eigenvalue weighted by Crippen LogP contribution is -2.19. The van der Waals surface area contributed by atoms with Crippen molar-refractivity contribution in [3.05, 3.63) is 36.5 Å². The van der Waals surface area contributed by atoms with Crippen LogP contribution in [0.3, 0.4) is 0 Å². The smallest absolute Gasteiger partial charge is 0.0741 e. The zero-order chi connectivity index (χ0) is 12.9. The van der Waals surface area contributed by atoms with Crippen molar-refractivity contribution in [3.63, 3.8) is 0 Å². The molecule has 1 nitrogen and oxygen atoms in total. The molecule has 0 heterocycles. The number of hydrogen-bond acceptors (Lipinski definition) is 1. The molecule has 0 fully saturated rings. The summed E-state index contributed by atoms with van der Waals surface area (Å²) in [6.45, 7) is 2.11. The van der Waals surface area contributed by atoms with Crippen LogP contribution in [0.25, 0.3) is 0 Å². The van der Waals surface area contributed by atoms with Crippen LogP contribution in [0.4, 0.5) is 0 Å². The van der Waals surface area contributed by atoms with Crippen LogP contribution in [0.1, 0.15) is 32.6 Å². The van der Waals surface area contributed by atoms with Crippen molar-refractivity contribution in [1.82, 2.24) is 0 Å². The van der Waals surface area contributed by atoms with Crippen molar-refractivity contribution in [1.29, 1.82) is 0 Å². The zero-order valence-electron chi connectivity index (χ0n) is 10.3. The Bertz CT molecular complexity index is 297. The van der Waals surface area contributed by atoms with Crippen molar-refractivity contribution in [2.75, 3.05) is 0 Å². The molecule has 17 heavy (non-hydrogen) atoms. The third-order valence-electron chi connectivity index (χ3n) is 2.21. The number of hydrogen-bond donors (Lipinski definition) is 1. The highest BCUT2D eigenvalue weighted by Gasteiger charge is 2.12. The summed E-state index contributed by atoms with van der Waals surface area (Å²) in [7, 11) is 0. The molecule has 0 aliphatic carbocycles. The fourth-order valence-corrected chi connectivity index (χ4v) is 1.45. The summed E-state index contributed by atoms with van der Waals surface area (Å²) in [4.78, 5) is 0. The molecule has 2 heteroatoms. The van der Waals surface area contributed by atoms with Gasteiger partial charge in [-0.25, -0.2) is 0 Å². The number of allylic oxidation sites excluding steroid dienone is 5. The lowest BCUT2D eigenvalue weighted by molar-refractivity contribution is 0.172. The van der Waals surface area contributed by atoms with Gasteiger partial charge in [0.05, 0.1) is 11.5 Å². The first kappa shape index (κ1) is 16.0. The van der Waals surface area contributed by atoms with Gasteiger partial charge in [-0.3, -0.25) is 0 Å². The highest BCUT2D eigenvalue weighted by atomic mass is 35.5. The van der Waals surface area contributed by atoms with Gasteiger partial charge in [0.2, 0.25) is 0 Å². The summed E-state index contributed by atoms with van der Waals surface area (Å²) in [6, 6.07) is 0. The number of rotatable bonds is 8. The Morgan fingerprint density at radius 1 is 1.18 bits per heavy atom. The predicted octanol–water partition coefficient (Wildman–Crippen LogP) is 3.84. The Hall–Kier alpha value is -0.970. The van der Waals surface area contributed by atoms with E-state index in [0.29, 0.717) is 12.8 Å². The molecular formula is C15H21ClO. The lowest BCUT2D eigenvalue weighted by Gasteiger charge is -2.12. The van der Waals surface area contributed by atoms with E-state index >= 15 is 0 Å². The summed E-state index contributed by atoms with van der Waals surface area (Å²) >= 11 is 6.05. The largest absolute Gasteiger partial charge is 0.391 e. The van der Waals surface area contributed by atoms with Crippen molar-refractivity contribution in [3.8, 4) is 12.3 Å². The highest BCUT2D eigenvalue weighted by Crippen LogP contribution is 2.12. The molecule has 1 N–H and O–H groups in total. The second kappa shape index (κ2) is 11.5. The van der Waals surface area contributed by atoms with E-state index in [-0.39, 0.29) is 5.38 Å². The molecule has 0 bridgehead atoms. The van der Waals surface area contributed by atoms with Crippen LogP contribution in [0.2, 0.25) is 0 Å². The Morgan fingerprint density at radius 3 is 2.53 bits per heavy atom. The minimum absolute atomic E-state index is 0.260. The maximum atomic E-state index is 9.69. The molecule has 0 aromatic heterocycles. The molecule has 0 aliphatic rings. The van der Waals surface area contributed by atoms with E-state index in [4.69, 9.17) is 18.0 Å². The molecule has 0 aromatic rings. The average molecular weight is 253 g/mol. The van der Waals surface area contributed by atoms with E-state index < -0.39 is 6.10 Å². The number of terminal acetylenes is 1. The molecule has 0 aromatic carbocycles. The fourth-order valence-electron chi connectivity index (χ4n) is 1.24. The van der Waals surface area contributed by atoms with Gasteiger partial charge in [0, 0.05) is 0 Å². The summed E-state index contributed by atoms with van der Waals surface area (Å²) in [5.41, 5.74) is 0. The molecule has 2 atom stereocenters. The SMILES string of the molecule is C#C/C=C/C[C@H](O)[C@@H](Cl)C/C=C\C/C=C\CC. The maximum absolute atomic E-state index is 9.69. The van der Waals surface area contributed by atoms with Gasteiger partial charge in [-0.2, -0.15) is 0 Å². The van der Waals surface area contributed by atoms with Gasteiger partial charge >= 0.3 is 0 Å². The number of alkyl halides is 1. The van der Waals surface area contributed by atoms with E-state index in [1.165, 1.54) is 0 Å². The van der Waals surface area contributed by atoms with Crippen LogP contribution in [0.15, 0.2) is 36.5 Å². The minimum atomic E-state index is -0.544. The second-order valence-electron chi connectivity index (χ2n) is 3.71. The number of aliphatic hydroxyl groups is 1. The van der Waals surface area contributed by atoms with Crippen LogP contribution in [-0.2, 0) is 0 Å². The first-order valence-corrected chi connectivity index (χ1v) is 6.39. The summed E-state index contributed by atoms with van der Waals surface area (Å²) in [5.74, 6) is 2.38. The van der Waals surface area contributed by atoms with E-state index in [2.05, 4.69) is 31.1 Å². The Morgan fingerprint density at radius 2 is 1.88 bits per heavy atom. The Labute approximate surface area is 110 Å². The van der Waals surface area contributed by atoms with Gasteiger partial charge in [-0.15, -0.1) is 18.0 Å². The van der Waals surface area contributed by atoms with Crippen molar-refractivity contribution >= 4 is 11.6 Å². The molecule has 0 saturated carbocycles. The number of halogens is 1. The van der Waals surface area contributed by atoms with Crippen LogP contribution >= 0.6 is 11.6 Å². The van der Waals surface area contributed by atoms with Gasteiger partial charge in [0.1, 0.15) is 0 Å². The summed E-state index contributed by atoms with van der Waals surface area (Å²) < 4.78 is 0. The Balaban J connectivity index is 3.77. The Kier molecular flexibility index (Phi) is 10.9. The highest BCUT2D eigenvalue weighted by molar-refractivity contribution is 6.21. The molecule has 0 aliphatic heterocycles. The van der Waals surface area contributed by atoms with Gasteiger partial charge < -0.3 is 5.11 Å². The van der Waals surface area contributed by atoms with Gasteiger partial charge in [-0.1, -0.05) is 43.2 Å². The summed E-state index contributed by atoms with van der Waals surface area (Å²) in [6.07, 6.45) is 19.3. The minimum Gasteiger partial charge on any atom is -0.391 e. The summed E-state index contributed by atoms with van der Waals surface area (Å²) in [5, 5.41) is 9.43. The lowest BCUT2D eigenvalue weighted by atomic mass is 10.1. The topological polar surface area (TPSA) is 20.2 Å². The second-order valence-corrected chi connectivity index (χ2v) is 4.27. The van der Waals surface area contributed by atoms with Crippen LogP contribution in [0.5, 0.6) is 0 Å². The third-order valence-corrected chi connectivity index (χ3v) is 2.68. The predicted molar refractivity (Wildman–Crippen MR) is 76.0 cm³/mol. The quantitative estimate of drug-likeness (QED) is 0.395. The molecule has 0 spiro atoms. The zero-order valence-corrected chi connectivity index (χ0v) is 11.1. The standard InChI is InChI=1S/C15H21ClO/c1-3-5-7-8-9-11-12-14(16)15(17)13-10-6-4-2/h2,5-7,9-11,14-15,17H,3,8,12-13H2,1H3/b7-5-,10-6+,11-9-/t14-,15-/m0/s1.